The topological polar surface area (TPSA) is 75.1 Å². The lowest BCUT2D eigenvalue weighted by Gasteiger charge is -2.10. The van der Waals surface area contributed by atoms with E-state index in [4.69, 9.17) is 21.1 Å². The highest BCUT2D eigenvalue weighted by molar-refractivity contribution is 6.32. The number of para-hydroxylation sites is 1. The summed E-state index contributed by atoms with van der Waals surface area (Å²) in [6.07, 6.45) is 2.29. The van der Waals surface area contributed by atoms with Gasteiger partial charge in [-0.05, 0) is 36.8 Å². The first-order valence-electron chi connectivity index (χ1n) is 8.91. The Bertz CT molecular complexity index is 1150. The minimum atomic E-state index is -0.333. The number of aryl methyl sites for hydroxylation is 1. The highest BCUT2D eigenvalue weighted by atomic mass is 35.5. The molecular formula is C22H17ClN2O3. The smallest absolute Gasteiger partial charge is 0.205 e. The Kier molecular flexibility index (Phi) is 4.81. The van der Waals surface area contributed by atoms with E-state index in [0.717, 1.165) is 23.0 Å². The van der Waals surface area contributed by atoms with Crippen molar-refractivity contribution in [3.05, 3.63) is 63.8 Å². The summed E-state index contributed by atoms with van der Waals surface area (Å²) in [7, 11) is 0. The van der Waals surface area contributed by atoms with Gasteiger partial charge in [0.15, 0.2) is 11.5 Å². The number of ketones is 1. The fourth-order valence-electron chi connectivity index (χ4n) is 3.35. The number of hydrogen-bond donors (Lipinski definition) is 1. The number of allylic oxidation sites excluding steroid dienone is 1. The number of carbonyl (C=O) groups is 1. The average molecular weight is 393 g/mol. The summed E-state index contributed by atoms with van der Waals surface area (Å²) in [4.78, 5) is 16.3. The molecule has 0 bridgehead atoms. The van der Waals surface area contributed by atoms with Crippen LogP contribution in [-0.2, 0) is 0 Å². The Morgan fingerprint density at radius 3 is 2.86 bits per heavy atom. The number of H-pyrrole nitrogens is 1. The summed E-state index contributed by atoms with van der Waals surface area (Å²) in [6, 6.07) is 13.0. The van der Waals surface area contributed by atoms with E-state index in [1.807, 2.05) is 37.3 Å². The molecule has 1 aliphatic heterocycles. The van der Waals surface area contributed by atoms with Gasteiger partial charge in [0.1, 0.15) is 11.6 Å². The number of nitrogens with zero attached hydrogens (tertiary/aromatic N) is 1. The molecule has 1 aliphatic rings. The van der Waals surface area contributed by atoms with Crippen molar-refractivity contribution >= 4 is 34.4 Å². The minimum absolute atomic E-state index is 0.0263. The second-order valence-corrected chi connectivity index (χ2v) is 6.96. The second-order valence-electron chi connectivity index (χ2n) is 6.55. The molecule has 5 nitrogen and oxygen atoms in total. The zero-order chi connectivity index (χ0) is 19.7. The molecule has 3 aromatic rings. The van der Waals surface area contributed by atoms with Crippen molar-refractivity contribution in [2.45, 2.75) is 13.3 Å². The average Bonchev–Trinajstić information content (AvgIpc) is 2.85. The van der Waals surface area contributed by atoms with Crippen molar-refractivity contribution in [1.82, 2.24) is 4.98 Å². The molecule has 28 heavy (non-hydrogen) atoms. The summed E-state index contributed by atoms with van der Waals surface area (Å²) in [5, 5.41) is 10.8. The van der Waals surface area contributed by atoms with Gasteiger partial charge in [0.25, 0.3) is 0 Å². The largest absolute Gasteiger partial charge is 0.489 e. The summed E-state index contributed by atoms with van der Waals surface area (Å²) in [5.41, 5.74) is 2.72. The van der Waals surface area contributed by atoms with Crippen LogP contribution in [0.1, 0.15) is 28.0 Å². The van der Waals surface area contributed by atoms with Crippen molar-refractivity contribution in [3.8, 4) is 17.6 Å². The third-order valence-corrected chi connectivity index (χ3v) is 4.90. The van der Waals surface area contributed by atoms with Gasteiger partial charge in [0.2, 0.25) is 5.78 Å². The Hall–Kier alpha value is -3.23. The van der Waals surface area contributed by atoms with Crippen molar-refractivity contribution in [2.75, 3.05) is 13.2 Å². The van der Waals surface area contributed by atoms with Gasteiger partial charge in [-0.1, -0.05) is 29.8 Å². The molecule has 0 atom stereocenters. The van der Waals surface area contributed by atoms with Crippen LogP contribution in [0.15, 0.2) is 42.0 Å². The number of rotatable bonds is 3. The van der Waals surface area contributed by atoms with Gasteiger partial charge in [-0.15, -0.1) is 0 Å². The molecular weight excluding hydrogens is 376 g/mol. The number of aromatic nitrogens is 1. The standard InChI is InChI=1S/C22H17ClN2O3/c1-13-20(16-5-2-3-6-18(16)25-13)21(26)15(12-24)9-14-10-17(23)22-19(11-14)27-7-4-8-28-22/h2-3,5-6,9-11,25H,4,7-8H2,1H3/b15-9-. The Morgan fingerprint density at radius 2 is 2.04 bits per heavy atom. The molecule has 0 saturated heterocycles. The number of nitrogens with one attached hydrogen (secondary N) is 1. The number of aromatic amines is 1. The van der Waals surface area contributed by atoms with Gasteiger partial charge in [-0.3, -0.25) is 4.79 Å². The molecule has 0 amide bonds. The number of fused-ring (bicyclic) bond motifs is 2. The number of hydrogen-bond acceptors (Lipinski definition) is 4. The molecule has 0 saturated carbocycles. The number of halogens is 1. The van der Waals surface area contributed by atoms with Crippen LogP contribution in [0.3, 0.4) is 0 Å². The fourth-order valence-corrected chi connectivity index (χ4v) is 3.63. The number of Topliss-reactive ketones (excluding diaryl/α,β-unsaturated/α-hetero) is 1. The van der Waals surface area contributed by atoms with E-state index in [1.54, 1.807) is 12.1 Å². The molecule has 6 heteroatoms. The normalized spacial score (nSPS) is 13.8. The zero-order valence-electron chi connectivity index (χ0n) is 15.2. The van der Waals surface area contributed by atoms with E-state index in [1.165, 1.54) is 6.08 Å². The summed E-state index contributed by atoms with van der Waals surface area (Å²) in [5.74, 6) is 0.679. The van der Waals surface area contributed by atoms with Gasteiger partial charge < -0.3 is 14.5 Å². The minimum Gasteiger partial charge on any atom is -0.489 e. The van der Waals surface area contributed by atoms with Crippen LogP contribution in [-0.4, -0.2) is 24.0 Å². The molecule has 0 unspecified atom stereocenters. The fraction of sp³-hybridized carbons (Fsp3) is 0.182. The van der Waals surface area contributed by atoms with E-state index < -0.39 is 0 Å². The predicted octanol–water partition coefficient (Wildman–Crippen LogP) is 5.08. The first-order chi connectivity index (χ1) is 13.6. The molecule has 0 fully saturated rings. The maximum atomic E-state index is 13.1. The van der Waals surface area contributed by atoms with Crippen LogP contribution in [0.25, 0.3) is 17.0 Å². The molecule has 4 rings (SSSR count). The van der Waals surface area contributed by atoms with E-state index >= 15 is 0 Å². The van der Waals surface area contributed by atoms with Gasteiger partial charge in [0.05, 0.1) is 23.8 Å². The van der Waals surface area contributed by atoms with E-state index in [2.05, 4.69) is 4.98 Å². The summed E-state index contributed by atoms with van der Waals surface area (Å²) >= 11 is 6.32. The molecule has 2 heterocycles. The van der Waals surface area contributed by atoms with Crippen LogP contribution in [0.4, 0.5) is 0 Å². The number of benzene rings is 2. The Balaban J connectivity index is 1.77. The SMILES string of the molecule is Cc1[nH]c2ccccc2c1C(=O)/C(C#N)=C\c1cc(Cl)c2c(c1)OCCCO2. The lowest BCUT2D eigenvalue weighted by atomic mass is 9.99. The molecule has 0 radical (unpaired) electrons. The monoisotopic (exact) mass is 392 g/mol. The van der Waals surface area contributed by atoms with Crippen molar-refractivity contribution < 1.29 is 14.3 Å². The second kappa shape index (κ2) is 7.41. The molecule has 0 spiro atoms. The summed E-state index contributed by atoms with van der Waals surface area (Å²) < 4.78 is 11.3. The Morgan fingerprint density at radius 1 is 1.25 bits per heavy atom. The van der Waals surface area contributed by atoms with Crippen molar-refractivity contribution in [3.63, 3.8) is 0 Å². The van der Waals surface area contributed by atoms with Crippen LogP contribution >= 0.6 is 11.6 Å². The van der Waals surface area contributed by atoms with E-state index in [0.29, 0.717) is 40.9 Å². The highest BCUT2D eigenvalue weighted by Crippen LogP contribution is 2.38. The molecule has 1 N–H and O–H groups in total. The molecule has 0 aliphatic carbocycles. The quantitative estimate of drug-likeness (QED) is 0.383. The predicted molar refractivity (Wildman–Crippen MR) is 108 cm³/mol. The molecule has 2 aromatic carbocycles. The van der Waals surface area contributed by atoms with Crippen molar-refractivity contribution in [2.24, 2.45) is 0 Å². The van der Waals surface area contributed by atoms with Gasteiger partial charge in [-0.25, -0.2) is 0 Å². The highest BCUT2D eigenvalue weighted by Gasteiger charge is 2.21. The first kappa shape index (κ1) is 18.1. The van der Waals surface area contributed by atoms with Crippen LogP contribution in [0.2, 0.25) is 5.02 Å². The van der Waals surface area contributed by atoms with Gasteiger partial charge in [-0.2, -0.15) is 5.26 Å². The number of ether oxygens (including phenoxy) is 2. The first-order valence-corrected chi connectivity index (χ1v) is 9.29. The zero-order valence-corrected chi connectivity index (χ0v) is 16.0. The Labute approximate surface area is 167 Å². The third-order valence-electron chi connectivity index (χ3n) is 4.62. The van der Waals surface area contributed by atoms with Crippen LogP contribution < -0.4 is 9.47 Å². The number of carbonyl (C=O) groups excluding carboxylic acids is 1. The van der Waals surface area contributed by atoms with Gasteiger partial charge >= 0.3 is 0 Å². The maximum Gasteiger partial charge on any atom is 0.205 e. The molecule has 1 aromatic heterocycles. The maximum absolute atomic E-state index is 13.1. The lowest BCUT2D eigenvalue weighted by molar-refractivity contribution is 0.104. The van der Waals surface area contributed by atoms with E-state index in [-0.39, 0.29) is 11.4 Å². The van der Waals surface area contributed by atoms with E-state index in [9.17, 15) is 10.1 Å². The van der Waals surface area contributed by atoms with Crippen LogP contribution in [0, 0.1) is 18.3 Å². The third kappa shape index (κ3) is 3.23. The van der Waals surface area contributed by atoms with Gasteiger partial charge in [0, 0.05) is 23.0 Å². The number of nitriles is 1. The van der Waals surface area contributed by atoms with Crippen LogP contribution in [0.5, 0.6) is 11.5 Å². The van der Waals surface area contributed by atoms with Crippen molar-refractivity contribution in [1.29, 1.82) is 5.26 Å². The molecule has 140 valence electrons. The lowest BCUT2D eigenvalue weighted by Crippen LogP contribution is -2.03. The summed E-state index contributed by atoms with van der Waals surface area (Å²) in [6.45, 7) is 2.88.